The maximum absolute atomic E-state index is 12.8. The van der Waals surface area contributed by atoms with Crippen LogP contribution in [0.4, 0.5) is 5.69 Å². The Labute approximate surface area is 145 Å². The van der Waals surface area contributed by atoms with Crippen LogP contribution in [0.2, 0.25) is 0 Å². The fourth-order valence-electron chi connectivity index (χ4n) is 2.75. The van der Waals surface area contributed by atoms with Gasteiger partial charge in [-0.25, -0.2) is 0 Å². The zero-order valence-corrected chi connectivity index (χ0v) is 13.9. The first-order valence-corrected chi connectivity index (χ1v) is 8.18. The summed E-state index contributed by atoms with van der Waals surface area (Å²) in [6.45, 7) is 3.76. The van der Waals surface area contributed by atoms with E-state index in [9.17, 15) is 10.1 Å². The number of H-pyrrole nitrogens is 1. The van der Waals surface area contributed by atoms with E-state index in [4.69, 9.17) is 0 Å². The highest BCUT2D eigenvalue weighted by molar-refractivity contribution is 6.00. The van der Waals surface area contributed by atoms with Crippen molar-refractivity contribution < 1.29 is 4.79 Å². The minimum absolute atomic E-state index is 0.00136. The monoisotopic (exact) mass is 337 g/mol. The lowest BCUT2D eigenvalue weighted by molar-refractivity contribution is 0.0698. The number of rotatable bonds is 4. The highest BCUT2D eigenvalue weighted by atomic mass is 16.2. The smallest absolute Gasteiger partial charge is 0.255 e. The molecule has 8 heteroatoms. The van der Waals surface area contributed by atoms with E-state index in [-0.39, 0.29) is 17.3 Å². The van der Waals surface area contributed by atoms with E-state index in [0.29, 0.717) is 17.2 Å². The first-order chi connectivity index (χ1) is 12.2. The van der Waals surface area contributed by atoms with Gasteiger partial charge in [0, 0.05) is 19.3 Å². The van der Waals surface area contributed by atoms with Crippen molar-refractivity contribution >= 4 is 17.2 Å². The molecule has 0 aliphatic carbocycles. The molecule has 2 aromatic rings. The molecule has 1 fully saturated rings. The molecule has 2 N–H and O–H groups in total. The zero-order chi connectivity index (χ0) is 17.6. The van der Waals surface area contributed by atoms with Gasteiger partial charge in [-0.1, -0.05) is 19.1 Å². The highest BCUT2D eigenvalue weighted by Gasteiger charge is 2.23. The molecule has 0 radical (unpaired) electrons. The number of allylic oxidation sites excluding steroid dienone is 1. The molecular weight excluding hydrogens is 318 g/mol. The summed E-state index contributed by atoms with van der Waals surface area (Å²) in [4.78, 5) is 14.7. The zero-order valence-electron chi connectivity index (χ0n) is 13.9. The summed E-state index contributed by atoms with van der Waals surface area (Å²) < 4.78 is 0. The Hall–Kier alpha value is -3.21. The number of aromatic nitrogens is 4. The molecule has 1 aliphatic rings. The van der Waals surface area contributed by atoms with Crippen LogP contribution in [0, 0.1) is 17.2 Å². The molecule has 128 valence electrons. The first-order valence-electron chi connectivity index (χ1n) is 8.18. The lowest BCUT2D eigenvalue weighted by atomic mass is 9.98. The predicted octanol–water partition coefficient (Wildman–Crippen LogP) is 2.05. The van der Waals surface area contributed by atoms with Crippen molar-refractivity contribution in [2.45, 2.75) is 19.8 Å². The molecule has 2 heterocycles. The average molecular weight is 337 g/mol. The Morgan fingerprint density at radius 1 is 1.40 bits per heavy atom. The van der Waals surface area contributed by atoms with Crippen LogP contribution < -0.4 is 5.32 Å². The first kappa shape index (κ1) is 16.6. The Morgan fingerprint density at radius 2 is 2.16 bits per heavy atom. The van der Waals surface area contributed by atoms with Crippen LogP contribution >= 0.6 is 0 Å². The lowest BCUT2D eigenvalue weighted by Gasteiger charge is -2.30. The van der Waals surface area contributed by atoms with E-state index >= 15 is 0 Å². The Bertz CT molecular complexity index is 799. The van der Waals surface area contributed by atoms with Crippen LogP contribution in [0.15, 0.2) is 30.5 Å². The number of likely N-dealkylation sites (tertiary alicyclic amines) is 1. The van der Waals surface area contributed by atoms with Gasteiger partial charge in [0.1, 0.15) is 11.6 Å². The number of hydrogen-bond donors (Lipinski definition) is 2. The van der Waals surface area contributed by atoms with Crippen LogP contribution in [0.1, 0.15) is 35.9 Å². The molecule has 1 saturated heterocycles. The van der Waals surface area contributed by atoms with Gasteiger partial charge in [-0.2, -0.15) is 10.5 Å². The van der Waals surface area contributed by atoms with Crippen LogP contribution in [0.3, 0.4) is 0 Å². The predicted molar refractivity (Wildman–Crippen MR) is 92.1 cm³/mol. The van der Waals surface area contributed by atoms with Gasteiger partial charge in [0.15, 0.2) is 0 Å². The molecular formula is C17H19N7O. The van der Waals surface area contributed by atoms with Crippen LogP contribution in [0.5, 0.6) is 0 Å². The number of anilines is 1. The number of amides is 1. The number of tetrazole rings is 1. The second-order valence-electron chi connectivity index (χ2n) is 6.07. The van der Waals surface area contributed by atoms with Gasteiger partial charge in [-0.3, -0.25) is 4.79 Å². The van der Waals surface area contributed by atoms with Crippen LogP contribution in [-0.2, 0) is 0 Å². The number of hydrogen-bond acceptors (Lipinski definition) is 6. The van der Waals surface area contributed by atoms with Gasteiger partial charge < -0.3 is 10.2 Å². The molecule has 0 saturated carbocycles. The second kappa shape index (κ2) is 7.57. The minimum Gasteiger partial charge on any atom is -0.360 e. The summed E-state index contributed by atoms with van der Waals surface area (Å²) in [6.07, 6.45) is 3.53. The average Bonchev–Trinajstić information content (AvgIpc) is 3.17. The van der Waals surface area contributed by atoms with Gasteiger partial charge in [0.05, 0.1) is 11.3 Å². The molecule has 0 atom stereocenters. The van der Waals surface area contributed by atoms with E-state index in [1.807, 2.05) is 29.2 Å². The largest absolute Gasteiger partial charge is 0.360 e. The Balaban J connectivity index is 1.79. The number of carbonyl (C=O) groups excluding carboxylic acids is 1. The topological polar surface area (TPSA) is 111 Å². The maximum Gasteiger partial charge on any atom is 0.255 e. The Morgan fingerprint density at radius 3 is 2.84 bits per heavy atom. The van der Waals surface area contributed by atoms with Crippen molar-refractivity contribution in [2.75, 3.05) is 18.4 Å². The van der Waals surface area contributed by atoms with Crippen molar-refractivity contribution in [1.82, 2.24) is 25.5 Å². The lowest BCUT2D eigenvalue weighted by Crippen LogP contribution is -2.38. The number of para-hydroxylation sites is 1. The van der Waals surface area contributed by atoms with E-state index in [1.54, 1.807) is 6.07 Å². The SMILES string of the molecule is CC1CCN(C(=O)c2ccccc2NC=C(C#N)c2nn[nH]n2)CC1. The third-order valence-corrected chi connectivity index (χ3v) is 4.31. The number of nitriles is 1. The summed E-state index contributed by atoms with van der Waals surface area (Å²) in [5.74, 6) is 0.860. The molecule has 25 heavy (non-hydrogen) atoms. The van der Waals surface area contributed by atoms with Crippen LogP contribution in [0.25, 0.3) is 5.57 Å². The summed E-state index contributed by atoms with van der Waals surface area (Å²) >= 11 is 0. The van der Waals surface area contributed by atoms with Crippen molar-refractivity contribution in [3.8, 4) is 6.07 Å². The molecule has 0 spiro atoms. The van der Waals surface area contributed by atoms with Crippen molar-refractivity contribution in [2.24, 2.45) is 5.92 Å². The van der Waals surface area contributed by atoms with Crippen molar-refractivity contribution in [3.05, 3.63) is 41.9 Å². The number of carbonyl (C=O) groups is 1. The summed E-state index contributed by atoms with van der Waals surface area (Å²) in [6, 6.07) is 9.28. The quantitative estimate of drug-likeness (QED) is 0.826. The summed E-state index contributed by atoms with van der Waals surface area (Å²) in [5, 5.41) is 25.6. The molecule has 1 aromatic carbocycles. The van der Waals surface area contributed by atoms with Crippen molar-refractivity contribution in [3.63, 3.8) is 0 Å². The summed E-state index contributed by atoms with van der Waals surface area (Å²) in [5.41, 5.74) is 1.45. The molecule has 0 bridgehead atoms. The third-order valence-electron chi connectivity index (χ3n) is 4.31. The number of nitrogens with zero attached hydrogens (tertiary/aromatic N) is 5. The molecule has 1 aromatic heterocycles. The van der Waals surface area contributed by atoms with E-state index in [0.717, 1.165) is 25.9 Å². The maximum atomic E-state index is 12.8. The van der Waals surface area contributed by atoms with Gasteiger partial charge in [0.25, 0.3) is 5.91 Å². The Kier molecular flexibility index (Phi) is 5.04. The molecule has 0 unspecified atom stereocenters. The number of piperidine rings is 1. The van der Waals surface area contributed by atoms with Crippen molar-refractivity contribution in [1.29, 1.82) is 5.26 Å². The fourth-order valence-corrected chi connectivity index (χ4v) is 2.75. The molecule has 1 aliphatic heterocycles. The standard InChI is InChI=1S/C17H19N7O/c1-12-6-8-24(9-7-12)17(25)14-4-2-3-5-15(14)19-11-13(10-18)16-20-22-23-21-16/h2-5,11-12,19H,6-9H2,1H3,(H,20,21,22,23). The number of benzene rings is 1. The van der Waals surface area contributed by atoms with Gasteiger partial charge >= 0.3 is 0 Å². The van der Waals surface area contributed by atoms with E-state index < -0.39 is 0 Å². The van der Waals surface area contributed by atoms with Crippen LogP contribution in [-0.4, -0.2) is 44.5 Å². The normalized spacial score (nSPS) is 15.7. The molecule has 1 amide bonds. The number of nitrogens with one attached hydrogen (secondary N) is 2. The molecule has 8 nitrogen and oxygen atoms in total. The third kappa shape index (κ3) is 3.83. The van der Waals surface area contributed by atoms with E-state index in [2.05, 4.69) is 32.9 Å². The molecule has 3 rings (SSSR count). The second-order valence-corrected chi connectivity index (χ2v) is 6.07. The van der Waals surface area contributed by atoms with Gasteiger partial charge in [-0.05, 0) is 36.1 Å². The fraction of sp³-hybridized carbons (Fsp3) is 0.353. The van der Waals surface area contributed by atoms with Gasteiger partial charge in [-0.15, -0.1) is 10.2 Å². The summed E-state index contributed by atoms with van der Waals surface area (Å²) in [7, 11) is 0. The van der Waals surface area contributed by atoms with Gasteiger partial charge in [0.2, 0.25) is 5.82 Å². The highest BCUT2D eigenvalue weighted by Crippen LogP contribution is 2.22. The minimum atomic E-state index is 0.00136. The van der Waals surface area contributed by atoms with E-state index in [1.165, 1.54) is 6.20 Å². The number of aromatic amines is 1.